The molecule has 0 aliphatic heterocycles. The number of ketones is 1. The van der Waals surface area contributed by atoms with E-state index in [-0.39, 0.29) is 22.5 Å². The Labute approximate surface area is 137 Å². The highest BCUT2D eigenvalue weighted by molar-refractivity contribution is 6.01. The van der Waals surface area contributed by atoms with Gasteiger partial charge in [-0.05, 0) is 56.1 Å². The van der Waals surface area contributed by atoms with E-state index in [4.69, 9.17) is 0 Å². The normalized spacial score (nSPS) is 50.3. The molecule has 4 aliphatic carbocycles. The van der Waals surface area contributed by atoms with Gasteiger partial charge < -0.3 is 10.3 Å². The number of carbonyl (C=O) groups excluding carboxylic acids is 1. The van der Waals surface area contributed by atoms with Gasteiger partial charge in [0.1, 0.15) is 0 Å². The second kappa shape index (κ2) is 4.79. The SMILES string of the molecule is CC12C=CC(=O)C=C1CCC1C2C(O)CC2(C)C(=NO)CCC12. The molecule has 2 N–H and O–H groups in total. The van der Waals surface area contributed by atoms with Crippen LogP contribution in [0.2, 0.25) is 0 Å². The number of allylic oxidation sites excluding steroid dienone is 4. The van der Waals surface area contributed by atoms with E-state index in [1.54, 1.807) is 12.2 Å². The summed E-state index contributed by atoms with van der Waals surface area (Å²) in [5, 5.41) is 23.9. The van der Waals surface area contributed by atoms with Gasteiger partial charge in [-0.3, -0.25) is 4.79 Å². The van der Waals surface area contributed by atoms with E-state index in [1.165, 1.54) is 5.57 Å². The molecule has 0 aromatic rings. The van der Waals surface area contributed by atoms with Crippen LogP contribution in [0.25, 0.3) is 0 Å². The van der Waals surface area contributed by atoms with Gasteiger partial charge in [0, 0.05) is 16.7 Å². The number of aliphatic hydroxyl groups excluding tert-OH is 1. The molecule has 0 bridgehead atoms. The zero-order valence-electron chi connectivity index (χ0n) is 13.8. The van der Waals surface area contributed by atoms with E-state index in [0.717, 1.165) is 31.4 Å². The van der Waals surface area contributed by atoms with Crippen molar-refractivity contribution in [1.82, 2.24) is 0 Å². The van der Waals surface area contributed by atoms with Crippen molar-refractivity contribution in [2.75, 3.05) is 0 Å². The van der Waals surface area contributed by atoms with Crippen LogP contribution in [0.3, 0.4) is 0 Å². The molecule has 0 amide bonds. The Morgan fingerprint density at radius 1 is 1.26 bits per heavy atom. The molecule has 0 heterocycles. The summed E-state index contributed by atoms with van der Waals surface area (Å²) < 4.78 is 0. The molecule has 6 atom stereocenters. The van der Waals surface area contributed by atoms with Crippen molar-refractivity contribution in [1.29, 1.82) is 0 Å². The van der Waals surface area contributed by atoms with Gasteiger partial charge in [0.15, 0.2) is 5.78 Å². The molecule has 4 heteroatoms. The van der Waals surface area contributed by atoms with Crippen LogP contribution in [-0.2, 0) is 4.79 Å². The zero-order valence-corrected chi connectivity index (χ0v) is 13.8. The summed E-state index contributed by atoms with van der Waals surface area (Å²) in [5.74, 6) is 1.11. The number of hydrogen-bond donors (Lipinski definition) is 2. The lowest BCUT2D eigenvalue weighted by atomic mass is 9.47. The largest absolute Gasteiger partial charge is 0.411 e. The Bertz CT molecular complexity index is 649. The zero-order chi connectivity index (χ0) is 16.4. The molecule has 0 aromatic carbocycles. The van der Waals surface area contributed by atoms with Gasteiger partial charge in [-0.1, -0.05) is 30.7 Å². The molecule has 124 valence electrons. The molecule has 0 aromatic heterocycles. The molecule has 0 radical (unpaired) electrons. The predicted molar refractivity (Wildman–Crippen MR) is 87.2 cm³/mol. The van der Waals surface area contributed by atoms with Gasteiger partial charge in [-0.2, -0.15) is 0 Å². The number of hydrogen-bond acceptors (Lipinski definition) is 4. The van der Waals surface area contributed by atoms with Gasteiger partial charge in [-0.25, -0.2) is 0 Å². The van der Waals surface area contributed by atoms with Crippen LogP contribution in [0.15, 0.2) is 29.0 Å². The van der Waals surface area contributed by atoms with Gasteiger partial charge in [0.25, 0.3) is 0 Å². The molecule has 3 saturated carbocycles. The van der Waals surface area contributed by atoms with Crippen molar-refractivity contribution < 1.29 is 15.1 Å². The minimum absolute atomic E-state index is 0.0710. The fourth-order valence-corrected chi connectivity index (χ4v) is 6.28. The summed E-state index contributed by atoms with van der Waals surface area (Å²) in [6.45, 7) is 4.34. The highest BCUT2D eigenvalue weighted by Crippen LogP contribution is 2.63. The first-order valence-electron chi connectivity index (χ1n) is 8.74. The van der Waals surface area contributed by atoms with E-state index in [0.29, 0.717) is 18.3 Å². The predicted octanol–water partition coefficient (Wildman–Crippen LogP) is 3.10. The second-order valence-electron chi connectivity index (χ2n) is 8.30. The molecule has 4 aliphatic rings. The van der Waals surface area contributed by atoms with E-state index < -0.39 is 6.10 Å². The molecular weight excluding hydrogens is 290 g/mol. The molecule has 4 rings (SSSR count). The van der Waals surface area contributed by atoms with E-state index in [2.05, 4.69) is 19.0 Å². The monoisotopic (exact) mass is 315 g/mol. The Balaban J connectivity index is 1.76. The Kier molecular flexibility index (Phi) is 3.15. The summed E-state index contributed by atoms with van der Waals surface area (Å²) in [6.07, 6.45) is 9.53. The lowest BCUT2D eigenvalue weighted by Gasteiger charge is -2.57. The fourth-order valence-electron chi connectivity index (χ4n) is 6.28. The van der Waals surface area contributed by atoms with Crippen LogP contribution >= 0.6 is 0 Å². The van der Waals surface area contributed by atoms with Crippen molar-refractivity contribution in [2.45, 2.75) is 52.1 Å². The van der Waals surface area contributed by atoms with Crippen molar-refractivity contribution in [2.24, 2.45) is 33.7 Å². The van der Waals surface area contributed by atoms with Crippen LogP contribution in [0.1, 0.15) is 46.0 Å². The van der Waals surface area contributed by atoms with Gasteiger partial charge in [-0.15, -0.1) is 0 Å². The summed E-state index contributed by atoms with van der Waals surface area (Å²) in [7, 11) is 0. The number of oxime groups is 1. The summed E-state index contributed by atoms with van der Waals surface area (Å²) in [6, 6.07) is 0. The second-order valence-corrected chi connectivity index (χ2v) is 8.30. The lowest BCUT2D eigenvalue weighted by Crippen LogP contribution is -2.56. The number of rotatable bonds is 0. The van der Waals surface area contributed by atoms with Crippen molar-refractivity contribution in [3.8, 4) is 0 Å². The van der Waals surface area contributed by atoms with E-state index in [9.17, 15) is 15.1 Å². The first kappa shape index (κ1) is 15.1. The van der Waals surface area contributed by atoms with Crippen LogP contribution < -0.4 is 0 Å². The minimum Gasteiger partial charge on any atom is -0.411 e. The third-order valence-electron chi connectivity index (χ3n) is 7.36. The molecule has 23 heavy (non-hydrogen) atoms. The van der Waals surface area contributed by atoms with Crippen LogP contribution in [-0.4, -0.2) is 27.9 Å². The number of nitrogens with zero attached hydrogens (tertiary/aromatic N) is 1. The Morgan fingerprint density at radius 2 is 2.04 bits per heavy atom. The minimum atomic E-state index is -0.428. The number of fused-ring (bicyclic) bond motifs is 5. The molecular formula is C19H25NO3. The maximum absolute atomic E-state index is 11.7. The van der Waals surface area contributed by atoms with E-state index in [1.807, 2.05) is 6.08 Å². The van der Waals surface area contributed by atoms with Crippen LogP contribution in [0, 0.1) is 28.6 Å². The van der Waals surface area contributed by atoms with Gasteiger partial charge >= 0.3 is 0 Å². The third kappa shape index (κ3) is 1.87. The first-order chi connectivity index (χ1) is 10.9. The summed E-state index contributed by atoms with van der Waals surface area (Å²) in [4.78, 5) is 11.7. The quantitative estimate of drug-likeness (QED) is 0.533. The number of aliphatic hydroxyl groups is 1. The maximum Gasteiger partial charge on any atom is 0.178 e. The molecule has 0 saturated heterocycles. The fraction of sp³-hybridized carbons (Fsp3) is 0.684. The van der Waals surface area contributed by atoms with Gasteiger partial charge in [0.05, 0.1) is 11.8 Å². The highest BCUT2D eigenvalue weighted by Gasteiger charge is 2.60. The average Bonchev–Trinajstić information content (AvgIpc) is 2.83. The summed E-state index contributed by atoms with van der Waals surface area (Å²) in [5.41, 5.74) is 1.65. The van der Waals surface area contributed by atoms with Crippen LogP contribution in [0.5, 0.6) is 0 Å². The van der Waals surface area contributed by atoms with Gasteiger partial charge in [0.2, 0.25) is 0 Å². The number of carbonyl (C=O) groups is 1. The smallest absolute Gasteiger partial charge is 0.178 e. The van der Waals surface area contributed by atoms with Crippen molar-refractivity contribution >= 4 is 11.5 Å². The van der Waals surface area contributed by atoms with Crippen molar-refractivity contribution in [3.05, 3.63) is 23.8 Å². The highest BCUT2D eigenvalue weighted by atomic mass is 16.4. The molecule has 6 unspecified atom stereocenters. The van der Waals surface area contributed by atoms with Crippen molar-refractivity contribution in [3.63, 3.8) is 0 Å². The maximum atomic E-state index is 11.7. The third-order valence-corrected chi connectivity index (χ3v) is 7.36. The Hall–Kier alpha value is -1.42. The summed E-state index contributed by atoms with van der Waals surface area (Å²) >= 11 is 0. The Morgan fingerprint density at radius 3 is 2.78 bits per heavy atom. The molecule has 3 fully saturated rings. The molecule has 0 spiro atoms. The average molecular weight is 315 g/mol. The van der Waals surface area contributed by atoms with Crippen LogP contribution in [0.4, 0.5) is 0 Å². The first-order valence-corrected chi connectivity index (χ1v) is 8.74. The molecule has 4 nitrogen and oxygen atoms in total. The topological polar surface area (TPSA) is 69.9 Å². The standard InChI is InChI=1S/C19H25NO3/c1-18-8-7-12(21)9-11(18)3-4-13-14-5-6-16(20-23)19(14,2)10-15(22)17(13)18/h7-9,13-15,17,22-23H,3-6,10H2,1-2H3. The van der Waals surface area contributed by atoms with E-state index >= 15 is 0 Å². The lowest BCUT2D eigenvalue weighted by molar-refractivity contribution is -0.112.